The van der Waals surface area contributed by atoms with Crippen molar-refractivity contribution in [2.75, 3.05) is 0 Å². The fourth-order valence-corrected chi connectivity index (χ4v) is 2.76. The molecule has 1 aromatic heterocycles. The standard InChI is InChI=1S/C23H19N3O3/c27-23(24-15-21-25-22(26-29-21)18-10-5-2-6-11-18)19-12-7-13-20(14-19)28-16-17-8-3-1-4-9-17/h1-14H,15-16H2,(H,24,27). The lowest BCUT2D eigenvalue weighted by atomic mass is 10.2. The molecule has 29 heavy (non-hydrogen) atoms. The van der Waals surface area contributed by atoms with Crippen LogP contribution in [-0.4, -0.2) is 16.0 Å². The Morgan fingerprint density at radius 3 is 2.48 bits per heavy atom. The van der Waals surface area contributed by atoms with Crippen molar-refractivity contribution in [2.24, 2.45) is 0 Å². The van der Waals surface area contributed by atoms with E-state index < -0.39 is 0 Å². The van der Waals surface area contributed by atoms with Gasteiger partial charge in [-0.1, -0.05) is 71.9 Å². The van der Waals surface area contributed by atoms with Crippen molar-refractivity contribution < 1.29 is 14.1 Å². The second kappa shape index (κ2) is 8.84. The van der Waals surface area contributed by atoms with Gasteiger partial charge >= 0.3 is 0 Å². The van der Waals surface area contributed by atoms with E-state index in [2.05, 4.69) is 15.5 Å². The molecule has 1 amide bonds. The van der Waals surface area contributed by atoms with Crippen molar-refractivity contribution in [3.8, 4) is 17.1 Å². The Bertz CT molecular complexity index is 1080. The number of ether oxygens (including phenoxy) is 1. The third kappa shape index (κ3) is 4.87. The summed E-state index contributed by atoms with van der Waals surface area (Å²) < 4.78 is 11.0. The summed E-state index contributed by atoms with van der Waals surface area (Å²) in [5.41, 5.74) is 2.42. The van der Waals surface area contributed by atoms with Crippen LogP contribution in [0.2, 0.25) is 0 Å². The predicted molar refractivity (Wildman–Crippen MR) is 108 cm³/mol. The molecule has 0 unspecified atom stereocenters. The summed E-state index contributed by atoms with van der Waals surface area (Å²) in [6, 6.07) is 26.4. The van der Waals surface area contributed by atoms with Gasteiger partial charge in [0, 0.05) is 11.1 Å². The van der Waals surface area contributed by atoms with Gasteiger partial charge in [0.25, 0.3) is 5.91 Å². The van der Waals surface area contributed by atoms with Crippen LogP contribution >= 0.6 is 0 Å². The molecule has 0 aliphatic carbocycles. The van der Waals surface area contributed by atoms with Crippen LogP contribution in [0.15, 0.2) is 89.5 Å². The van der Waals surface area contributed by atoms with Gasteiger partial charge in [0.2, 0.25) is 11.7 Å². The number of nitrogens with one attached hydrogen (secondary N) is 1. The van der Waals surface area contributed by atoms with Crippen molar-refractivity contribution in [2.45, 2.75) is 13.2 Å². The van der Waals surface area contributed by atoms with E-state index in [0.717, 1.165) is 11.1 Å². The second-order valence-corrected chi connectivity index (χ2v) is 6.36. The lowest BCUT2D eigenvalue weighted by Crippen LogP contribution is -2.22. The molecule has 3 aromatic carbocycles. The monoisotopic (exact) mass is 385 g/mol. The van der Waals surface area contributed by atoms with Crippen LogP contribution in [0, 0.1) is 0 Å². The molecule has 1 heterocycles. The molecule has 0 spiro atoms. The van der Waals surface area contributed by atoms with Crippen LogP contribution in [0.3, 0.4) is 0 Å². The van der Waals surface area contributed by atoms with Gasteiger partial charge in [-0.3, -0.25) is 4.79 Å². The lowest BCUT2D eigenvalue weighted by Gasteiger charge is -2.08. The molecule has 144 valence electrons. The Kier molecular flexibility index (Phi) is 5.62. The molecule has 0 aliphatic heterocycles. The Labute approximate surface area is 168 Å². The topological polar surface area (TPSA) is 77.3 Å². The highest BCUT2D eigenvalue weighted by molar-refractivity contribution is 5.94. The maximum absolute atomic E-state index is 12.5. The van der Waals surface area contributed by atoms with Gasteiger partial charge in [0.05, 0.1) is 6.54 Å². The first-order valence-corrected chi connectivity index (χ1v) is 9.21. The predicted octanol–water partition coefficient (Wildman–Crippen LogP) is 4.25. The number of hydrogen-bond acceptors (Lipinski definition) is 5. The average Bonchev–Trinajstić information content (AvgIpc) is 3.27. The number of rotatable bonds is 7. The van der Waals surface area contributed by atoms with E-state index in [0.29, 0.717) is 29.6 Å². The van der Waals surface area contributed by atoms with E-state index in [-0.39, 0.29) is 12.5 Å². The number of hydrogen-bond donors (Lipinski definition) is 1. The minimum atomic E-state index is -0.241. The summed E-state index contributed by atoms with van der Waals surface area (Å²) in [6.45, 7) is 0.587. The lowest BCUT2D eigenvalue weighted by molar-refractivity contribution is 0.0945. The van der Waals surface area contributed by atoms with Gasteiger partial charge in [-0.05, 0) is 23.8 Å². The zero-order valence-corrected chi connectivity index (χ0v) is 15.6. The largest absolute Gasteiger partial charge is 0.489 e. The fourth-order valence-electron chi connectivity index (χ4n) is 2.76. The van der Waals surface area contributed by atoms with E-state index in [4.69, 9.17) is 9.26 Å². The van der Waals surface area contributed by atoms with E-state index in [1.165, 1.54) is 0 Å². The summed E-state index contributed by atoms with van der Waals surface area (Å²) in [7, 11) is 0. The molecule has 0 aliphatic rings. The van der Waals surface area contributed by atoms with Gasteiger partial charge in [0.1, 0.15) is 12.4 Å². The molecule has 0 bridgehead atoms. The van der Waals surface area contributed by atoms with Gasteiger partial charge < -0.3 is 14.6 Å². The van der Waals surface area contributed by atoms with E-state index in [1.807, 2.05) is 66.7 Å². The molecule has 4 aromatic rings. The smallest absolute Gasteiger partial charge is 0.251 e. The minimum Gasteiger partial charge on any atom is -0.489 e. The first-order valence-electron chi connectivity index (χ1n) is 9.21. The van der Waals surface area contributed by atoms with Gasteiger partial charge in [-0.25, -0.2) is 0 Å². The molecule has 0 saturated carbocycles. The molecule has 6 nitrogen and oxygen atoms in total. The highest BCUT2D eigenvalue weighted by atomic mass is 16.5. The molecule has 0 saturated heterocycles. The third-order valence-electron chi connectivity index (χ3n) is 4.24. The molecule has 0 atom stereocenters. The Morgan fingerprint density at radius 2 is 1.69 bits per heavy atom. The Hall–Kier alpha value is -3.93. The van der Waals surface area contributed by atoms with Crippen LogP contribution in [0.25, 0.3) is 11.4 Å². The molecular formula is C23H19N3O3. The van der Waals surface area contributed by atoms with Crippen molar-refractivity contribution in [3.05, 3.63) is 102 Å². The maximum atomic E-state index is 12.5. The quantitative estimate of drug-likeness (QED) is 0.515. The molecule has 4 rings (SSSR count). The molecule has 6 heteroatoms. The molecular weight excluding hydrogens is 366 g/mol. The highest BCUT2D eigenvalue weighted by Gasteiger charge is 2.11. The molecule has 0 fully saturated rings. The van der Waals surface area contributed by atoms with Crippen LogP contribution in [0.4, 0.5) is 0 Å². The summed E-state index contributed by atoms with van der Waals surface area (Å²) >= 11 is 0. The normalized spacial score (nSPS) is 10.5. The van der Waals surface area contributed by atoms with Crippen molar-refractivity contribution >= 4 is 5.91 Å². The van der Waals surface area contributed by atoms with Gasteiger partial charge in [-0.2, -0.15) is 4.98 Å². The second-order valence-electron chi connectivity index (χ2n) is 6.36. The average molecular weight is 385 g/mol. The zero-order chi connectivity index (χ0) is 19.9. The number of aromatic nitrogens is 2. The van der Waals surface area contributed by atoms with Gasteiger partial charge in [0.15, 0.2) is 0 Å². The summed E-state index contributed by atoms with van der Waals surface area (Å²) in [5, 5.41) is 6.74. The summed E-state index contributed by atoms with van der Waals surface area (Å²) in [5.74, 6) is 1.22. The van der Waals surface area contributed by atoms with Crippen molar-refractivity contribution in [3.63, 3.8) is 0 Å². The van der Waals surface area contributed by atoms with Crippen LogP contribution < -0.4 is 10.1 Å². The zero-order valence-electron chi connectivity index (χ0n) is 15.6. The van der Waals surface area contributed by atoms with E-state index in [9.17, 15) is 4.79 Å². The highest BCUT2D eigenvalue weighted by Crippen LogP contribution is 2.16. The van der Waals surface area contributed by atoms with Crippen molar-refractivity contribution in [1.82, 2.24) is 15.5 Å². The number of carbonyl (C=O) groups excluding carboxylic acids is 1. The van der Waals surface area contributed by atoms with Crippen LogP contribution in [0.5, 0.6) is 5.75 Å². The molecule has 0 radical (unpaired) electrons. The number of amides is 1. The first kappa shape index (κ1) is 18.4. The van der Waals surface area contributed by atoms with E-state index in [1.54, 1.807) is 18.2 Å². The maximum Gasteiger partial charge on any atom is 0.251 e. The first-order chi connectivity index (χ1) is 14.3. The summed E-state index contributed by atoms with van der Waals surface area (Å²) in [4.78, 5) is 16.8. The van der Waals surface area contributed by atoms with Crippen molar-refractivity contribution in [1.29, 1.82) is 0 Å². The third-order valence-corrected chi connectivity index (χ3v) is 4.24. The Balaban J connectivity index is 1.35. The fraction of sp³-hybridized carbons (Fsp3) is 0.0870. The van der Waals surface area contributed by atoms with E-state index >= 15 is 0 Å². The van der Waals surface area contributed by atoms with Crippen LogP contribution in [0.1, 0.15) is 21.8 Å². The van der Waals surface area contributed by atoms with Gasteiger partial charge in [-0.15, -0.1) is 0 Å². The Morgan fingerprint density at radius 1 is 0.931 bits per heavy atom. The number of carbonyl (C=O) groups is 1. The SMILES string of the molecule is O=C(NCc1nc(-c2ccccc2)no1)c1cccc(OCc2ccccc2)c1. The molecule has 1 N–H and O–H groups in total. The number of benzene rings is 3. The number of nitrogens with zero attached hydrogens (tertiary/aromatic N) is 2. The minimum absolute atomic E-state index is 0.147. The van der Waals surface area contributed by atoms with Crippen LogP contribution in [-0.2, 0) is 13.2 Å². The summed E-state index contributed by atoms with van der Waals surface area (Å²) in [6.07, 6.45) is 0.